The van der Waals surface area contributed by atoms with E-state index in [1.165, 1.54) is 0 Å². The van der Waals surface area contributed by atoms with Gasteiger partial charge in [-0.15, -0.1) is 0 Å². The molecule has 1 unspecified atom stereocenters. The number of fused-ring (bicyclic) bond motifs is 1. The monoisotopic (exact) mass is 451 g/mol. The molecule has 9 nitrogen and oxygen atoms in total. The van der Waals surface area contributed by atoms with E-state index >= 15 is 0 Å². The number of hydrogen-bond donors (Lipinski definition) is 1. The number of carbonyl (C=O) groups excluding carboxylic acids is 1. The van der Waals surface area contributed by atoms with Crippen molar-refractivity contribution in [1.82, 2.24) is 19.7 Å². The lowest BCUT2D eigenvalue weighted by atomic mass is 9.92. The van der Waals surface area contributed by atoms with Gasteiger partial charge in [-0.3, -0.25) is 9.78 Å². The van der Waals surface area contributed by atoms with Crippen molar-refractivity contribution in [2.45, 2.75) is 57.2 Å². The highest BCUT2D eigenvalue weighted by Gasteiger charge is 2.31. The summed E-state index contributed by atoms with van der Waals surface area (Å²) in [5.74, 6) is 1.25. The Morgan fingerprint density at radius 3 is 2.82 bits per heavy atom. The van der Waals surface area contributed by atoms with Gasteiger partial charge in [-0.2, -0.15) is 5.10 Å². The van der Waals surface area contributed by atoms with E-state index in [2.05, 4.69) is 11.9 Å². The third-order valence-electron chi connectivity index (χ3n) is 6.45. The number of nitrogens with zero attached hydrogens (tertiary/aromatic N) is 4. The number of carbonyl (C=O) groups is 1. The number of nitrogens with two attached hydrogens (primary N) is 1. The molecule has 1 atom stereocenters. The van der Waals surface area contributed by atoms with Crippen LogP contribution in [0.15, 0.2) is 24.4 Å². The summed E-state index contributed by atoms with van der Waals surface area (Å²) >= 11 is 0. The first-order valence-electron chi connectivity index (χ1n) is 11.5. The number of ether oxygens (including phenoxy) is 3. The first kappa shape index (κ1) is 21.8. The number of pyridine rings is 2. The molecule has 3 aromatic heterocycles. The van der Waals surface area contributed by atoms with Gasteiger partial charge in [0.2, 0.25) is 5.91 Å². The first-order valence-corrected chi connectivity index (χ1v) is 11.5. The number of hydrogen-bond acceptors (Lipinski definition) is 7. The van der Waals surface area contributed by atoms with Gasteiger partial charge in [0.15, 0.2) is 5.82 Å². The summed E-state index contributed by atoms with van der Waals surface area (Å²) in [6, 6.07) is 5.82. The van der Waals surface area contributed by atoms with E-state index in [0.717, 1.165) is 60.3 Å². The number of primary amides is 1. The summed E-state index contributed by atoms with van der Waals surface area (Å²) in [5, 5.41) is 5.77. The highest BCUT2D eigenvalue weighted by atomic mass is 16.5. The van der Waals surface area contributed by atoms with Gasteiger partial charge in [0.25, 0.3) is 0 Å². The van der Waals surface area contributed by atoms with Crippen molar-refractivity contribution >= 4 is 16.8 Å². The van der Waals surface area contributed by atoms with Crippen LogP contribution in [0.25, 0.3) is 16.7 Å². The molecule has 174 valence electrons. The van der Waals surface area contributed by atoms with Crippen LogP contribution in [-0.2, 0) is 27.1 Å². The van der Waals surface area contributed by atoms with Crippen molar-refractivity contribution in [2.75, 3.05) is 20.3 Å². The van der Waals surface area contributed by atoms with Gasteiger partial charge >= 0.3 is 0 Å². The van der Waals surface area contributed by atoms with Crippen LogP contribution in [0, 0.1) is 0 Å². The zero-order chi connectivity index (χ0) is 22.9. The Balaban J connectivity index is 1.57. The van der Waals surface area contributed by atoms with E-state index in [1.807, 2.05) is 22.9 Å². The number of methoxy groups -OCH3 is 1. The SMILES string of the molecule is CCc1nn(-c2cc(OC3CC(OC)C3)cc(C3CCOC3)n2)c2cc(CC(N)=O)ncc12. The normalized spacial score (nSPS) is 22.4. The van der Waals surface area contributed by atoms with Gasteiger partial charge in [0, 0.05) is 56.2 Å². The van der Waals surface area contributed by atoms with Crippen LogP contribution in [0.2, 0.25) is 0 Å². The number of amides is 1. The Morgan fingerprint density at radius 2 is 2.12 bits per heavy atom. The van der Waals surface area contributed by atoms with Crippen molar-refractivity contribution in [3.05, 3.63) is 41.5 Å². The van der Waals surface area contributed by atoms with Crippen LogP contribution >= 0.6 is 0 Å². The second-order valence-electron chi connectivity index (χ2n) is 8.76. The molecule has 2 aliphatic rings. The molecule has 5 rings (SSSR count). The maximum Gasteiger partial charge on any atom is 0.223 e. The topological polar surface area (TPSA) is 114 Å². The number of aryl methyl sites for hydroxylation is 1. The van der Waals surface area contributed by atoms with Crippen molar-refractivity contribution in [3.8, 4) is 11.6 Å². The molecule has 2 N–H and O–H groups in total. The van der Waals surface area contributed by atoms with Crippen LogP contribution in [0.3, 0.4) is 0 Å². The zero-order valence-electron chi connectivity index (χ0n) is 19.0. The minimum absolute atomic E-state index is 0.0756. The predicted molar refractivity (Wildman–Crippen MR) is 122 cm³/mol. The molecule has 4 heterocycles. The Kier molecular flexibility index (Phi) is 5.99. The molecule has 2 fully saturated rings. The molecule has 1 aliphatic heterocycles. The second-order valence-corrected chi connectivity index (χ2v) is 8.76. The Hall–Kier alpha value is -3.04. The molecule has 1 aliphatic carbocycles. The van der Waals surface area contributed by atoms with Gasteiger partial charge in [0.05, 0.1) is 41.7 Å². The average Bonchev–Trinajstić information content (AvgIpc) is 3.43. The molecule has 1 saturated carbocycles. The molecule has 0 aromatic carbocycles. The highest BCUT2D eigenvalue weighted by molar-refractivity contribution is 5.84. The summed E-state index contributed by atoms with van der Waals surface area (Å²) in [6.45, 7) is 3.44. The molecule has 3 aromatic rings. The minimum atomic E-state index is -0.421. The van der Waals surface area contributed by atoms with Crippen molar-refractivity contribution in [1.29, 1.82) is 0 Å². The van der Waals surface area contributed by atoms with Crippen LogP contribution in [-0.4, -0.2) is 58.2 Å². The quantitative estimate of drug-likeness (QED) is 0.559. The maximum absolute atomic E-state index is 11.4. The highest BCUT2D eigenvalue weighted by Crippen LogP contribution is 2.33. The number of aromatic nitrogens is 4. The first-order chi connectivity index (χ1) is 16.0. The summed E-state index contributed by atoms with van der Waals surface area (Å²) in [4.78, 5) is 20.8. The molecule has 0 spiro atoms. The fourth-order valence-electron chi connectivity index (χ4n) is 4.49. The predicted octanol–water partition coefficient (Wildman–Crippen LogP) is 2.47. The lowest BCUT2D eigenvalue weighted by Gasteiger charge is -2.34. The van der Waals surface area contributed by atoms with Gasteiger partial charge in [-0.25, -0.2) is 9.67 Å². The lowest BCUT2D eigenvalue weighted by molar-refractivity contribution is -0.117. The standard InChI is InChI=1S/C24H29N5O4/c1-3-20-19-12-26-15(7-23(25)30)6-22(19)29(28-20)24-11-18(33-17-8-16(9-17)31-2)10-21(27-24)14-4-5-32-13-14/h6,10-12,14,16-17H,3-5,7-9,13H2,1-2H3,(H2,25,30). The van der Waals surface area contributed by atoms with Crippen LogP contribution in [0.4, 0.5) is 0 Å². The molecule has 0 radical (unpaired) electrons. The van der Waals surface area contributed by atoms with Crippen molar-refractivity contribution < 1.29 is 19.0 Å². The minimum Gasteiger partial charge on any atom is -0.490 e. The van der Waals surface area contributed by atoms with Gasteiger partial charge in [0.1, 0.15) is 11.9 Å². The van der Waals surface area contributed by atoms with Crippen molar-refractivity contribution in [2.24, 2.45) is 5.73 Å². The Bertz CT molecular complexity index is 1170. The summed E-state index contributed by atoms with van der Waals surface area (Å²) in [6.07, 6.45) is 5.67. The van der Waals surface area contributed by atoms with Crippen LogP contribution in [0.1, 0.15) is 49.2 Å². The molecule has 1 amide bonds. The third kappa shape index (κ3) is 4.43. The average molecular weight is 452 g/mol. The summed E-state index contributed by atoms with van der Waals surface area (Å²) in [7, 11) is 1.74. The van der Waals surface area contributed by atoms with Crippen LogP contribution in [0.5, 0.6) is 5.75 Å². The molecule has 9 heteroatoms. The Labute approximate surface area is 192 Å². The fourth-order valence-corrected chi connectivity index (χ4v) is 4.49. The van der Waals surface area contributed by atoms with Crippen LogP contribution < -0.4 is 10.5 Å². The number of rotatable bonds is 8. The van der Waals surface area contributed by atoms with E-state index < -0.39 is 5.91 Å². The van der Waals surface area contributed by atoms with E-state index in [4.69, 9.17) is 30.0 Å². The molecular formula is C24H29N5O4. The molecule has 33 heavy (non-hydrogen) atoms. The Morgan fingerprint density at radius 1 is 1.27 bits per heavy atom. The molecule has 1 saturated heterocycles. The van der Waals surface area contributed by atoms with E-state index in [9.17, 15) is 4.79 Å². The van der Waals surface area contributed by atoms with Gasteiger partial charge < -0.3 is 19.9 Å². The zero-order valence-corrected chi connectivity index (χ0v) is 19.0. The second kappa shape index (κ2) is 9.07. The maximum atomic E-state index is 11.4. The molecule has 0 bridgehead atoms. The lowest BCUT2D eigenvalue weighted by Crippen LogP contribution is -2.38. The van der Waals surface area contributed by atoms with E-state index in [0.29, 0.717) is 18.1 Å². The molecular weight excluding hydrogens is 422 g/mol. The fraction of sp³-hybridized carbons (Fsp3) is 0.500. The van der Waals surface area contributed by atoms with Crippen molar-refractivity contribution in [3.63, 3.8) is 0 Å². The van der Waals surface area contributed by atoms with Gasteiger partial charge in [-0.1, -0.05) is 6.92 Å². The van der Waals surface area contributed by atoms with E-state index in [-0.39, 0.29) is 24.5 Å². The smallest absolute Gasteiger partial charge is 0.223 e. The summed E-state index contributed by atoms with van der Waals surface area (Å²) < 4.78 is 19.1. The summed E-state index contributed by atoms with van der Waals surface area (Å²) in [5.41, 5.74) is 8.71. The van der Waals surface area contributed by atoms with Gasteiger partial charge in [-0.05, 0) is 18.9 Å². The van der Waals surface area contributed by atoms with E-state index in [1.54, 1.807) is 13.3 Å². The third-order valence-corrected chi connectivity index (χ3v) is 6.45. The largest absolute Gasteiger partial charge is 0.490 e.